The molecule has 2 amide bonds. The lowest BCUT2D eigenvalue weighted by molar-refractivity contribution is 0.201. The van der Waals surface area contributed by atoms with Crippen LogP contribution in [0.4, 0.5) is 4.79 Å². The van der Waals surface area contributed by atoms with E-state index >= 15 is 0 Å². The van der Waals surface area contributed by atoms with Gasteiger partial charge in [-0.1, -0.05) is 6.92 Å². The minimum Gasteiger partial charge on any atom is -0.396 e. The molecule has 11 heavy (non-hydrogen) atoms. The second-order valence-corrected chi connectivity index (χ2v) is 2.67. The molecule has 2 atom stereocenters. The van der Waals surface area contributed by atoms with Crippen molar-refractivity contribution < 1.29 is 9.90 Å². The van der Waals surface area contributed by atoms with Crippen molar-refractivity contribution >= 4 is 6.03 Å². The maximum atomic E-state index is 10.7. The second-order valence-electron chi connectivity index (χ2n) is 2.67. The molecule has 0 aromatic heterocycles. The Hall–Kier alpha value is -0.770. The van der Waals surface area contributed by atoms with Crippen LogP contribution in [0.3, 0.4) is 0 Å². The average molecular weight is 160 g/mol. The zero-order valence-electron chi connectivity index (χ0n) is 7.22. The lowest BCUT2D eigenvalue weighted by atomic mass is 10.1. The molecule has 0 bridgehead atoms. The second kappa shape index (κ2) is 4.96. The molecule has 0 fully saturated rings. The number of rotatable bonds is 3. The number of amides is 2. The highest BCUT2D eigenvalue weighted by Crippen LogP contribution is 1.99. The molecule has 4 heteroatoms. The van der Waals surface area contributed by atoms with Gasteiger partial charge in [-0.15, -0.1) is 0 Å². The molecule has 66 valence electrons. The van der Waals surface area contributed by atoms with Crippen LogP contribution in [-0.2, 0) is 0 Å². The van der Waals surface area contributed by atoms with Gasteiger partial charge < -0.3 is 15.7 Å². The molecule has 0 saturated carbocycles. The van der Waals surface area contributed by atoms with E-state index in [0.29, 0.717) is 0 Å². The Kier molecular flexibility index (Phi) is 4.61. The molecular weight excluding hydrogens is 144 g/mol. The largest absolute Gasteiger partial charge is 0.396 e. The van der Waals surface area contributed by atoms with Gasteiger partial charge in [0, 0.05) is 19.7 Å². The van der Waals surface area contributed by atoms with Crippen molar-refractivity contribution in [2.75, 3.05) is 13.7 Å². The molecule has 2 unspecified atom stereocenters. The van der Waals surface area contributed by atoms with E-state index in [-0.39, 0.29) is 24.6 Å². The lowest BCUT2D eigenvalue weighted by Crippen LogP contribution is -2.42. The number of hydrogen-bond acceptors (Lipinski definition) is 2. The molecule has 0 aliphatic carbocycles. The van der Waals surface area contributed by atoms with Gasteiger partial charge in [-0.2, -0.15) is 0 Å². The Bertz CT molecular complexity index is 128. The van der Waals surface area contributed by atoms with E-state index in [0.717, 1.165) is 0 Å². The molecule has 0 aliphatic rings. The number of urea groups is 1. The maximum absolute atomic E-state index is 10.7. The van der Waals surface area contributed by atoms with Crippen molar-refractivity contribution in [1.82, 2.24) is 10.6 Å². The number of aliphatic hydroxyl groups is 1. The van der Waals surface area contributed by atoms with Gasteiger partial charge in [-0.05, 0) is 12.8 Å². The summed E-state index contributed by atoms with van der Waals surface area (Å²) in [7, 11) is 1.56. The number of nitrogens with one attached hydrogen (secondary N) is 2. The molecule has 0 spiro atoms. The summed E-state index contributed by atoms with van der Waals surface area (Å²) < 4.78 is 0. The zero-order valence-corrected chi connectivity index (χ0v) is 7.22. The molecular formula is C7H16N2O2. The Morgan fingerprint density at radius 3 is 2.45 bits per heavy atom. The van der Waals surface area contributed by atoms with E-state index in [1.54, 1.807) is 7.05 Å². The van der Waals surface area contributed by atoms with Crippen LogP contribution in [-0.4, -0.2) is 30.8 Å². The lowest BCUT2D eigenvalue weighted by Gasteiger charge is -2.18. The van der Waals surface area contributed by atoms with Crippen LogP contribution in [0.15, 0.2) is 0 Å². The molecule has 0 aromatic rings. The fourth-order valence-electron chi connectivity index (χ4n) is 0.579. The van der Waals surface area contributed by atoms with Gasteiger partial charge in [-0.3, -0.25) is 0 Å². The van der Waals surface area contributed by atoms with Crippen molar-refractivity contribution in [3.8, 4) is 0 Å². The number of aliphatic hydroxyl groups excluding tert-OH is 1. The van der Waals surface area contributed by atoms with Crippen LogP contribution in [0.1, 0.15) is 13.8 Å². The molecule has 0 aromatic carbocycles. The van der Waals surface area contributed by atoms with E-state index < -0.39 is 0 Å². The minimum absolute atomic E-state index is 0.0000463. The van der Waals surface area contributed by atoms with E-state index in [1.807, 2.05) is 13.8 Å². The van der Waals surface area contributed by atoms with Crippen LogP contribution >= 0.6 is 0 Å². The molecule has 3 N–H and O–H groups in total. The fraction of sp³-hybridized carbons (Fsp3) is 0.857. The Morgan fingerprint density at radius 1 is 1.55 bits per heavy atom. The van der Waals surface area contributed by atoms with Crippen LogP contribution in [0.25, 0.3) is 0 Å². The van der Waals surface area contributed by atoms with Crippen LogP contribution in [0.5, 0.6) is 0 Å². The predicted molar refractivity (Wildman–Crippen MR) is 43.3 cm³/mol. The third-order valence-corrected chi connectivity index (χ3v) is 1.73. The maximum Gasteiger partial charge on any atom is 0.314 e. The van der Waals surface area contributed by atoms with Crippen LogP contribution < -0.4 is 10.6 Å². The normalized spacial score (nSPS) is 15.3. The highest BCUT2D eigenvalue weighted by Gasteiger charge is 2.12. The first-order chi connectivity index (χ1) is 5.11. The molecule has 0 heterocycles. The van der Waals surface area contributed by atoms with Gasteiger partial charge in [0.1, 0.15) is 0 Å². The van der Waals surface area contributed by atoms with E-state index in [4.69, 9.17) is 5.11 Å². The van der Waals surface area contributed by atoms with Gasteiger partial charge in [0.2, 0.25) is 0 Å². The first kappa shape index (κ1) is 10.2. The summed E-state index contributed by atoms with van der Waals surface area (Å²) in [5, 5.41) is 13.8. The highest BCUT2D eigenvalue weighted by atomic mass is 16.3. The molecule has 4 nitrogen and oxygen atoms in total. The summed E-state index contributed by atoms with van der Waals surface area (Å²) in [5.41, 5.74) is 0. The first-order valence-electron chi connectivity index (χ1n) is 3.71. The van der Waals surface area contributed by atoms with Crippen molar-refractivity contribution in [1.29, 1.82) is 0 Å². The molecule has 0 radical (unpaired) electrons. The monoisotopic (exact) mass is 160 g/mol. The van der Waals surface area contributed by atoms with Crippen molar-refractivity contribution in [2.45, 2.75) is 19.9 Å². The quantitative estimate of drug-likeness (QED) is 0.541. The van der Waals surface area contributed by atoms with Gasteiger partial charge in [0.05, 0.1) is 0 Å². The summed E-state index contributed by atoms with van der Waals surface area (Å²) >= 11 is 0. The van der Waals surface area contributed by atoms with Crippen molar-refractivity contribution in [2.24, 2.45) is 5.92 Å². The first-order valence-corrected chi connectivity index (χ1v) is 3.71. The summed E-state index contributed by atoms with van der Waals surface area (Å²) in [5.74, 6) is 0.0901. The third-order valence-electron chi connectivity index (χ3n) is 1.73. The van der Waals surface area contributed by atoms with Crippen LogP contribution in [0.2, 0.25) is 0 Å². The van der Waals surface area contributed by atoms with Crippen molar-refractivity contribution in [3.63, 3.8) is 0 Å². The number of carbonyl (C=O) groups excluding carboxylic acids is 1. The standard InChI is InChI=1S/C7H16N2O2/c1-5(4-10)6(2)9-7(11)8-3/h5-6,10H,4H2,1-3H3,(H2,8,9,11). The van der Waals surface area contributed by atoms with Gasteiger partial charge >= 0.3 is 6.03 Å². The predicted octanol–water partition coefficient (Wildman–Crippen LogP) is -0.0677. The van der Waals surface area contributed by atoms with E-state index in [9.17, 15) is 4.79 Å². The Morgan fingerprint density at radius 2 is 2.09 bits per heavy atom. The zero-order chi connectivity index (χ0) is 8.85. The number of hydrogen-bond donors (Lipinski definition) is 3. The van der Waals surface area contributed by atoms with E-state index in [1.165, 1.54) is 0 Å². The summed E-state index contributed by atoms with van der Waals surface area (Å²) in [6, 6.07) is -0.210. The summed E-state index contributed by atoms with van der Waals surface area (Å²) in [4.78, 5) is 10.7. The van der Waals surface area contributed by atoms with Crippen LogP contribution in [0, 0.1) is 5.92 Å². The SMILES string of the molecule is CNC(=O)NC(C)C(C)CO. The third kappa shape index (κ3) is 3.83. The minimum atomic E-state index is -0.210. The molecule has 0 saturated heterocycles. The van der Waals surface area contributed by atoms with Crippen molar-refractivity contribution in [3.05, 3.63) is 0 Å². The molecule has 0 aliphatic heterocycles. The van der Waals surface area contributed by atoms with Gasteiger partial charge in [0.25, 0.3) is 0 Å². The van der Waals surface area contributed by atoms with Gasteiger partial charge in [0.15, 0.2) is 0 Å². The van der Waals surface area contributed by atoms with E-state index in [2.05, 4.69) is 10.6 Å². The molecule has 0 rings (SSSR count). The number of carbonyl (C=O) groups is 1. The highest BCUT2D eigenvalue weighted by molar-refractivity contribution is 5.73. The smallest absolute Gasteiger partial charge is 0.314 e. The summed E-state index contributed by atoms with van der Waals surface area (Å²) in [6.45, 7) is 3.82. The fourth-order valence-corrected chi connectivity index (χ4v) is 0.579. The summed E-state index contributed by atoms with van der Waals surface area (Å²) in [6.07, 6.45) is 0. The Labute approximate surface area is 67.0 Å². The topological polar surface area (TPSA) is 61.4 Å². The van der Waals surface area contributed by atoms with Gasteiger partial charge in [-0.25, -0.2) is 4.79 Å². The average Bonchev–Trinajstić information content (AvgIpc) is 2.02. The Balaban J connectivity index is 3.67.